The van der Waals surface area contributed by atoms with Gasteiger partial charge >= 0.3 is 0 Å². The van der Waals surface area contributed by atoms with Gasteiger partial charge in [-0.3, -0.25) is 0 Å². The van der Waals surface area contributed by atoms with Crippen LogP contribution in [0.3, 0.4) is 0 Å². The molecular formula is C24H42O7. The first kappa shape index (κ1) is 25.1. The molecule has 0 bridgehead atoms. The maximum Gasteiger partial charge on any atom is 0.163 e. The Kier molecular flexibility index (Phi) is 7.89. The second-order valence-electron chi connectivity index (χ2n) is 10.5. The largest absolute Gasteiger partial charge is 0.396 e. The van der Waals surface area contributed by atoms with E-state index in [0.717, 1.165) is 32.1 Å². The highest BCUT2D eigenvalue weighted by Crippen LogP contribution is 2.37. The molecule has 0 amide bonds. The summed E-state index contributed by atoms with van der Waals surface area (Å²) in [5.41, 5.74) is 0. The molecule has 7 nitrogen and oxygen atoms in total. The Labute approximate surface area is 187 Å². The van der Waals surface area contributed by atoms with Gasteiger partial charge in [-0.05, 0) is 48.0 Å². The lowest BCUT2D eigenvalue weighted by Gasteiger charge is -2.46. The van der Waals surface area contributed by atoms with Gasteiger partial charge in [0.25, 0.3) is 0 Å². The minimum absolute atomic E-state index is 0.00361. The highest BCUT2D eigenvalue weighted by atomic mass is 16.7. The first-order valence-corrected chi connectivity index (χ1v) is 11.7. The molecule has 0 unspecified atom stereocenters. The summed E-state index contributed by atoms with van der Waals surface area (Å²) in [6, 6.07) is 0. The van der Waals surface area contributed by atoms with Crippen molar-refractivity contribution in [2.75, 3.05) is 6.61 Å². The summed E-state index contributed by atoms with van der Waals surface area (Å²) < 4.78 is 36.7. The lowest BCUT2D eigenvalue weighted by molar-refractivity contribution is -0.333. The Morgan fingerprint density at radius 2 is 1.06 bits per heavy atom. The average molecular weight is 443 g/mol. The minimum Gasteiger partial charge on any atom is -0.396 e. The zero-order chi connectivity index (χ0) is 22.9. The van der Waals surface area contributed by atoms with Crippen LogP contribution in [-0.4, -0.2) is 65.7 Å². The Morgan fingerprint density at radius 3 is 1.52 bits per heavy atom. The zero-order valence-corrected chi connectivity index (χ0v) is 20.1. The fraction of sp³-hybridized carbons (Fsp3) is 0.917. The molecule has 0 aliphatic carbocycles. The van der Waals surface area contributed by atoms with E-state index in [1.54, 1.807) is 0 Å². The van der Waals surface area contributed by atoms with Crippen LogP contribution in [0.5, 0.6) is 0 Å². The third kappa shape index (κ3) is 7.49. The highest BCUT2D eigenvalue weighted by Gasteiger charge is 2.42. The maximum atomic E-state index is 9.34. The predicted octanol–water partition coefficient (Wildman–Crippen LogP) is 4.07. The predicted molar refractivity (Wildman–Crippen MR) is 116 cm³/mol. The van der Waals surface area contributed by atoms with E-state index in [2.05, 4.69) is 6.58 Å². The van der Waals surface area contributed by atoms with Crippen LogP contribution in [-0.2, 0) is 28.4 Å². The summed E-state index contributed by atoms with van der Waals surface area (Å²) >= 11 is 0. The topological polar surface area (TPSA) is 75.6 Å². The van der Waals surface area contributed by atoms with Crippen molar-refractivity contribution in [3.8, 4) is 0 Å². The van der Waals surface area contributed by atoms with Crippen molar-refractivity contribution in [3.63, 3.8) is 0 Å². The molecule has 0 aromatic carbocycles. The fourth-order valence-electron chi connectivity index (χ4n) is 5.22. The molecule has 31 heavy (non-hydrogen) atoms. The molecule has 0 spiro atoms. The van der Waals surface area contributed by atoms with E-state index in [1.807, 2.05) is 47.6 Å². The molecule has 0 radical (unpaired) electrons. The van der Waals surface area contributed by atoms with Crippen LogP contribution in [0.1, 0.15) is 80.1 Å². The Bertz CT molecular complexity index is 603. The zero-order valence-electron chi connectivity index (χ0n) is 20.1. The Morgan fingerprint density at radius 1 is 0.677 bits per heavy atom. The van der Waals surface area contributed by atoms with E-state index in [9.17, 15) is 5.11 Å². The molecule has 3 aliphatic rings. The molecule has 3 aliphatic heterocycles. The third-order valence-electron chi connectivity index (χ3n) is 6.00. The fourth-order valence-corrected chi connectivity index (χ4v) is 5.22. The first-order valence-electron chi connectivity index (χ1n) is 11.7. The summed E-state index contributed by atoms with van der Waals surface area (Å²) in [4.78, 5) is 0. The quantitative estimate of drug-likeness (QED) is 0.596. The Balaban J connectivity index is 1.61. The van der Waals surface area contributed by atoms with Gasteiger partial charge in [0, 0.05) is 38.7 Å². The van der Waals surface area contributed by atoms with Crippen molar-refractivity contribution in [3.05, 3.63) is 12.7 Å². The van der Waals surface area contributed by atoms with Crippen LogP contribution in [0.15, 0.2) is 12.7 Å². The van der Waals surface area contributed by atoms with Crippen LogP contribution in [0.4, 0.5) is 0 Å². The van der Waals surface area contributed by atoms with Gasteiger partial charge in [-0.25, -0.2) is 0 Å². The van der Waals surface area contributed by atoms with Crippen molar-refractivity contribution in [2.24, 2.45) is 0 Å². The van der Waals surface area contributed by atoms with Crippen molar-refractivity contribution >= 4 is 0 Å². The lowest BCUT2D eigenvalue weighted by atomic mass is 9.93. The van der Waals surface area contributed by atoms with Gasteiger partial charge in [0.15, 0.2) is 17.4 Å². The third-order valence-corrected chi connectivity index (χ3v) is 6.00. The first-order chi connectivity index (χ1) is 14.4. The molecule has 3 saturated heterocycles. The molecule has 3 heterocycles. The number of ether oxygens (including phenoxy) is 6. The van der Waals surface area contributed by atoms with Gasteiger partial charge in [0.05, 0.1) is 36.6 Å². The van der Waals surface area contributed by atoms with Crippen LogP contribution in [0.2, 0.25) is 0 Å². The summed E-state index contributed by atoms with van der Waals surface area (Å²) in [6.07, 6.45) is 6.43. The van der Waals surface area contributed by atoms with E-state index in [0.29, 0.717) is 6.42 Å². The van der Waals surface area contributed by atoms with E-state index >= 15 is 0 Å². The number of aliphatic hydroxyl groups is 1. The van der Waals surface area contributed by atoms with E-state index in [-0.39, 0.29) is 43.2 Å². The number of aliphatic hydroxyl groups excluding tert-OH is 1. The maximum absolute atomic E-state index is 9.34. The summed E-state index contributed by atoms with van der Waals surface area (Å²) in [5.74, 6) is -1.97. The van der Waals surface area contributed by atoms with Crippen molar-refractivity contribution in [1.82, 2.24) is 0 Å². The monoisotopic (exact) mass is 442 g/mol. The van der Waals surface area contributed by atoms with Gasteiger partial charge < -0.3 is 33.5 Å². The molecular weight excluding hydrogens is 400 g/mol. The van der Waals surface area contributed by atoms with Crippen molar-refractivity contribution in [2.45, 2.75) is 134 Å². The van der Waals surface area contributed by atoms with E-state index < -0.39 is 17.4 Å². The molecule has 1 N–H and O–H groups in total. The van der Waals surface area contributed by atoms with Gasteiger partial charge in [-0.15, -0.1) is 6.58 Å². The molecule has 7 heteroatoms. The number of rotatable bonds is 7. The van der Waals surface area contributed by atoms with Crippen molar-refractivity contribution in [1.29, 1.82) is 0 Å². The molecule has 0 aromatic rings. The molecule has 3 rings (SSSR count). The molecule has 180 valence electrons. The SMILES string of the molecule is C=C[C@H]1C[C@@H](C[C@@H]2C[C@@H](C[C@@H]3C[C@H](CCO)OC(C)(C)O3)OC(C)(C)O2)OC(C)(C)O1. The molecule has 0 saturated carbocycles. The summed E-state index contributed by atoms with van der Waals surface area (Å²) in [6.45, 7) is 15.7. The molecule has 0 aromatic heterocycles. The van der Waals surface area contributed by atoms with Crippen LogP contribution < -0.4 is 0 Å². The van der Waals surface area contributed by atoms with Gasteiger partial charge in [0.1, 0.15) is 0 Å². The molecule has 3 fully saturated rings. The normalized spacial score (nSPS) is 39.7. The van der Waals surface area contributed by atoms with Crippen LogP contribution in [0.25, 0.3) is 0 Å². The average Bonchev–Trinajstić information content (AvgIpc) is 2.57. The van der Waals surface area contributed by atoms with Crippen molar-refractivity contribution < 1.29 is 33.5 Å². The lowest BCUT2D eigenvalue weighted by Crippen LogP contribution is -2.51. The summed E-state index contributed by atoms with van der Waals surface area (Å²) in [7, 11) is 0. The smallest absolute Gasteiger partial charge is 0.163 e. The van der Waals surface area contributed by atoms with E-state index in [1.165, 1.54) is 0 Å². The van der Waals surface area contributed by atoms with Crippen LogP contribution in [0, 0.1) is 0 Å². The highest BCUT2D eigenvalue weighted by molar-refractivity contribution is 4.90. The number of hydrogen-bond acceptors (Lipinski definition) is 7. The van der Waals surface area contributed by atoms with Gasteiger partial charge in [-0.1, -0.05) is 6.08 Å². The summed E-state index contributed by atoms with van der Waals surface area (Å²) in [5, 5.41) is 9.34. The van der Waals surface area contributed by atoms with Gasteiger partial charge in [0.2, 0.25) is 0 Å². The molecule has 6 atom stereocenters. The second kappa shape index (κ2) is 9.75. The Hall–Kier alpha value is -0.540. The van der Waals surface area contributed by atoms with Gasteiger partial charge in [-0.2, -0.15) is 0 Å². The second-order valence-corrected chi connectivity index (χ2v) is 10.5. The minimum atomic E-state index is -0.669. The van der Waals surface area contributed by atoms with Crippen LogP contribution >= 0.6 is 0 Å². The number of hydrogen-bond donors (Lipinski definition) is 1. The standard InChI is InChI=1S/C24H42O7/c1-8-16-11-18(28-22(2,3)26-16)13-20-15-21(31-24(6,7)30-20)14-19-12-17(9-10-25)27-23(4,5)29-19/h8,16-21,25H,1,9-15H2,2-7H3/t16-,17-,18-,19-,20+,21+/m0/s1. The van der Waals surface area contributed by atoms with E-state index in [4.69, 9.17) is 28.4 Å².